The molecule has 1 heterocycles. The van der Waals surface area contributed by atoms with Crippen LogP contribution in [0.2, 0.25) is 0 Å². The van der Waals surface area contributed by atoms with Crippen molar-refractivity contribution in [2.45, 2.75) is 50.5 Å². The van der Waals surface area contributed by atoms with Gasteiger partial charge >= 0.3 is 0 Å². The predicted octanol–water partition coefficient (Wildman–Crippen LogP) is 4.66. The Kier molecular flexibility index (Phi) is 10.2. The van der Waals surface area contributed by atoms with Crippen LogP contribution in [-0.4, -0.2) is 49.0 Å². The third-order valence-corrected chi connectivity index (χ3v) is 5.98. The SMILES string of the molecule is C=CCO[C@@H]1[C@@H](OCc2ccccc2)[C@H](OCc2ccccc2)[C@@H](COCc2ccccc2)O[C@@H]1O. The molecule has 0 aliphatic carbocycles. The normalized spacial score (nSPS) is 23.9. The molecule has 3 aromatic carbocycles. The van der Waals surface area contributed by atoms with Gasteiger partial charge in [-0.05, 0) is 16.7 Å². The largest absolute Gasteiger partial charge is 0.374 e. The second-order valence-electron chi connectivity index (χ2n) is 8.67. The fourth-order valence-corrected chi connectivity index (χ4v) is 4.18. The first-order valence-electron chi connectivity index (χ1n) is 12.2. The van der Waals surface area contributed by atoms with E-state index in [0.29, 0.717) is 19.8 Å². The van der Waals surface area contributed by atoms with Crippen molar-refractivity contribution in [2.75, 3.05) is 13.2 Å². The summed E-state index contributed by atoms with van der Waals surface area (Å²) in [5.74, 6) is 0. The monoisotopic (exact) mass is 490 g/mol. The van der Waals surface area contributed by atoms with Crippen LogP contribution >= 0.6 is 0 Å². The Labute approximate surface area is 213 Å². The van der Waals surface area contributed by atoms with Gasteiger partial charge in [0, 0.05) is 0 Å². The van der Waals surface area contributed by atoms with Crippen LogP contribution in [0.5, 0.6) is 0 Å². The van der Waals surface area contributed by atoms with Gasteiger partial charge in [0.25, 0.3) is 0 Å². The molecule has 1 saturated heterocycles. The highest BCUT2D eigenvalue weighted by Gasteiger charge is 2.47. The van der Waals surface area contributed by atoms with Gasteiger partial charge in [0.05, 0.1) is 33.0 Å². The second kappa shape index (κ2) is 14.0. The van der Waals surface area contributed by atoms with Crippen LogP contribution in [0.15, 0.2) is 104 Å². The Hall–Kier alpha value is -2.84. The number of ether oxygens (including phenoxy) is 5. The average Bonchev–Trinajstić information content (AvgIpc) is 2.92. The molecule has 0 bridgehead atoms. The van der Waals surface area contributed by atoms with E-state index < -0.39 is 30.7 Å². The Bertz CT molecular complexity index is 1010. The Morgan fingerprint density at radius 3 is 1.69 bits per heavy atom. The summed E-state index contributed by atoms with van der Waals surface area (Å²) in [5, 5.41) is 10.9. The van der Waals surface area contributed by atoms with Crippen molar-refractivity contribution < 1.29 is 28.8 Å². The summed E-state index contributed by atoms with van der Waals surface area (Å²) in [7, 11) is 0. The molecule has 6 heteroatoms. The summed E-state index contributed by atoms with van der Waals surface area (Å²) in [5.41, 5.74) is 3.09. The third kappa shape index (κ3) is 7.58. The lowest BCUT2D eigenvalue weighted by atomic mass is 9.98. The van der Waals surface area contributed by atoms with Gasteiger partial charge in [0.1, 0.15) is 24.4 Å². The third-order valence-electron chi connectivity index (χ3n) is 5.98. The van der Waals surface area contributed by atoms with Crippen LogP contribution < -0.4 is 0 Å². The average molecular weight is 491 g/mol. The van der Waals surface area contributed by atoms with Gasteiger partial charge in [0.2, 0.25) is 0 Å². The van der Waals surface area contributed by atoms with Crippen LogP contribution in [0.3, 0.4) is 0 Å². The first kappa shape index (κ1) is 26.2. The summed E-state index contributed by atoms with van der Waals surface area (Å²) in [6.45, 7) is 5.33. The molecule has 5 atom stereocenters. The minimum Gasteiger partial charge on any atom is -0.374 e. The molecule has 1 N–H and O–H groups in total. The fourth-order valence-electron chi connectivity index (χ4n) is 4.18. The summed E-state index contributed by atoms with van der Waals surface area (Å²) in [6.07, 6.45) is -2.01. The van der Waals surface area contributed by atoms with Crippen LogP contribution in [0.4, 0.5) is 0 Å². The van der Waals surface area contributed by atoms with Gasteiger partial charge in [-0.25, -0.2) is 0 Å². The van der Waals surface area contributed by atoms with E-state index in [2.05, 4.69) is 6.58 Å². The maximum atomic E-state index is 10.9. The zero-order chi connectivity index (χ0) is 25.0. The van der Waals surface area contributed by atoms with Crippen LogP contribution in [0.1, 0.15) is 16.7 Å². The zero-order valence-corrected chi connectivity index (χ0v) is 20.4. The first-order chi connectivity index (χ1) is 17.7. The molecule has 3 aromatic rings. The smallest absolute Gasteiger partial charge is 0.184 e. The van der Waals surface area contributed by atoms with E-state index >= 15 is 0 Å². The molecule has 0 spiro atoms. The van der Waals surface area contributed by atoms with Gasteiger partial charge in [0.15, 0.2) is 6.29 Å². The molecule has 1 fully saturated rings. The molecular formula is C30H34O6. The Balaban J connectivity index is 1.52. The first-order valence-corrected chi connectivity index (χ1v) is 12.2. The van der Waals surface area contributed by atoms with Crippen molar-refractivity contribution in [1.29, 1.82) is 0 Å². The molecule has 190 valence electrons. The van der Waals surface area contributed by atoms with Crippen LogP contribution in [0.25, 0.3) is 0 Å². The minimum atomic E-state index is -1.20. The Morgan fingerprint density at radius 1 is 0.667 bits per heavy atom. The molecule has 36 heavy (non-hydrogen) atoms. The van der Waals surface area contributed by atoms with Crippen molar-refractivity contribution in [2.24, 2.45) is 0 Å². The molecule has 1 aliphatic heterocycles. The van der Waals surface area contributed by atoms with Gasteiger partial charge in [-0.2, -0.15) is 0 Å². The molecule has 0 saturated carbocycles. The molecule has 0 unspecified atom stereocenters. The number of hydrogen-bond donors (Lipinski definition) is 1. The maximum absolute atomic E-state index is 10.9. The van der Waals surface area contributed by atoms with E-state index in [0.717, 1.165) is 16.7 Å². The summed E-state index contributed by atoms with van der Waals surface area (Å²) in [6, 6.07) is 29.7. The number of rotatable bonds is 13. The van der Waals surface area contributed by atoms with Gasteiger partial charge < -0.3 is 28.8 Å². The summed E-state index contributed by atoms with van der Waals surface area (Å²) in [4.78, 5) is 0. The van der Waals surface area contributed by atoms with Crippen LogP contribution in [0, 0.1) is 0 Å². The number of hydrogen-bond acceptors (Lipinski definition) is 6. The van der Waals surface area contributed by atoms with Crippen molar-refractivity contribution in [3.8, 4) is 0 Å². The molecular weight excluding hydrogens is 456 g/mol. The fraction of sp³-hybridized carbons (Fsp3) is 0.333. The van der Waals surface area contributed by atoms with E-state index in [1.807, 2.05) is 91.0 Å². The second-order valence-corrected chi connectivity index (χ2v) is 8.67. The van der Waals surface area contributed by atoms with Crippen LogP contribution in [-0.2, 0) is 43.5 Å². The highest BCUT2D eigenvalue weighted by atomic mass is 16.7. The van der Waals surface area contributed by atoms with Gasteiger partial charge in [-0.1, -0.05) is 97.1 Å². The molecule has 0 amide bonds. The van der Waals surface area contributed by atoms with E-state index in [4.69, 9.17) is 23.7 Å². The van der Waals surface area contributed by atoms with E-state index in [-0.39, 0.29) is 13.2 Å². The summed E-state index contributed by atoms with van der Waals surface area (Å²) >= 11 is 0. The lowest BCUT2D eigenvalue weighted by Gasteiger charge is -2.44. The van der Waals surface area contributed by atoms with E-state index in [1.54, 1.807) is 6.08 Å². The maximum Gasteiger partial charge on any atom is 0.184 e. The topological polar surface area (TPSA) is 66.4 Å². The number of benzene rings is 3. The molecule has 0 radical (unpaired) electrons. The molecule has 6 nitrogen and oxygen atoms in total. The minimum absolute atomic E-state index is 0.227. The highest BCUT2D eigenvalue weighted by molar-refractivity contribution is 5.15. The number of aliphatic hydroxyl groups excluding tert-OH is 1. The lowest BCUT2D eigenvalue weighted by molar-refractivity contribution is -0.314. The van der Waals surface area contributed by atoms with Gasteiger partial charge in [-0.15, -0.1) is 6.58 Å². The van der Waals surface area contributed by atoms with Crippen molar-refractivity contribution >= 4 is 0 Å². The van der Waals surface area contributed by atoms with Crippen molar-refractivity contribution in [3.05, 3.63) is 120 Å². The highest BCUT2D eigenvalue weighted by Crippen LogP contribution is 2.29. The molecule has 4 rings (SSSR count). The van der Waals surface area contributed by atoms with E-state index in [1.165, 1.54) is 0 Å². The summed E-state index contributed by atoms with van der Waals surface area (Å²) < 4.78 is 30.6. The molecule has 0 aromatic heterocycles. The Morgan fingerprint density at radius 2 is 1.17 bits per heavy atom. The zero-order valence-electron chi connectivity index (χ0n) is 20.4. The van der Waals surface area contributed by atoms with Gasteiger partial charge in [-0.3, -0.25) is 0 Å². The quantitative estimate of drug-likeness (QED) is 0.352. The number of aliphatic hydroxyl groups is 1. The molecule has 1 aliphatic rings. The predicted molar refractivity (Wildman–Crippen MR) is 137 cm³/mol. The van der Waals surface area contributed by atoms with Crippen molar-refractivity contribution in [3.63, 3.8) is 0 Å². The lowest BCUT2D eigenvalue weighted by Crippen LogP contribution is -2.61. The van der Waals surface area contributed by atoms with Crippen molar-refractivity contribution in [1.82, 2.24) is 0 Å². The standard InChI is InChI=1S/C30H34O6/c1-2-18-33-29-28(35-21-25-16-10-5-11-17-25)27(34-20-24-14-8-4-9-15-24)26(36-30(29)31)22-32-19-23-12-6-3-7-13-23/h2-17,26-31H,1,18-22H2/t26-,27-,28+,29-,30+/m1/s1. The van der Waals surface area contributed by atoms with E-state index in [9.17, 15) is 5.11 Å².